The molecule has 4 aromatic rings. The van der Waals surface area contributed by atoms with Crippen LogP contribution in [0.2, 0.25) is 12.6 Å². The van der Waals surface area contributed by atoms with Gasteiger partial charge in [-0.2, -0.15) is 0 Å². The Labute approximate surface area is 353 Å². The van der Waals surface area contributed by atoms with Crippen LogP contribution in [0.1, 0.15) is 68.9 Å². The summed E-state index contributed by atoms with van der Waals surface area (Å²) in [5.41, 5.74) is 9.80. The molecule has 0 N–H and O–H groups in total. The van der Waals surface area contributed by atoms with Crippen LogP contribution in [0, 0.1) is 25.7 Å². The fourth-order valence-electron chi connectivity index (χ4n) is 7.59. The van der Waals surface area contributed by atoms with Crippen molar-refractivity contribution in [1.82, 2.24) is 0 Å². The van der Waals surface area contributed by atoms with Gasteiger partial charge in [-0.3, -0.25) is 0 Å². The average Bonchev–Trinajstić information content (AvgIpc) is 3.97. The van der Waals surface area contributed by atoms with Crippen molar-refractivity contribution in [2.75, 3.05) is 0 Å². The van der Waals surface area contributed by atoms with Gasteiger partial charge in [0.2, 0.25) is 0 Å². The number of benzene rings is 4. The second-order valence-corrected chi connectivity index (χ2v) is 23.4. The summed E-state index contributed by atoms with van der Waals surface area (Å²) in [5.74, 6) is 1.52. The van der Waals surface area contributed by atoms with Crippen LogP contribution >= 0.6 is 0 Å². The zero-order valence-electron chi connectivity index (χ0n) is 32.0. The molecule has 0 unspecified atom stereocenters. The van der Waals surface area contributed by atoms with Crippen molar-refractivity contribution in [3.63, 3.8) is 0 Å². The van der Waals surface area contributed by atoms with Crippen molar-refractivity contribution in [2.24, 2.45) is 11.8 Å². The standard InChI is InChI=1S/2C22H21.C4H7F3Si.2ClH.Zr/c2*1-16-9-11-19(12-10-16)21-8-4-7-20-14-18(15-22(20)21)13-17-5-2-3-6-17;1-8-3-2-4(5,6)7;;;/h2*4,7-13,15,17H,2-3,5-6H2,1H3;2-3H2,1H3;2*1H;/q2*-1;;;;+2/p-2. The number of fused-ring (bicyclic) bond motifs is 2. The van der Waals surface area contributed by atoms with Crippen LogP contribution in [0.15, 0.2) is 108 Å². The molecule has 2 saturated carbocycles. The molecule has 0 bridgehead atoms. The van der Waals surface area contributed by atoms with E-state index in [4.69, 9.17) is 0 Å². The van der Waals surface area contributed by atoms with Gasteiger partial charge in [0.05, 0.1) is 0 Å². The van der Waals surface area contributed by atoms with Gasteiger partial charge in [-0.05, 0) is 36.8 Å². The first kappa shape index (κ1) is 45.0. The SMILES string of the molecule is C[Si](=[Zr+2])CCC(F)(F)F.Cc1ccc(-c2cccc3c2=CC(=CC2CCCC2)[C-]=3)cc1.Cc1ccc(-c2cccc3c2=CC(=CC2CCCC2)[C-]=3)cc1.[Cl-].[Cl-]. The van der Waals surface area contributed by atoms with E-state index < -0.39 is 18.0 Å². The van der Waals surface area contributed by atoms with Crippen LogP contribution in [0.4, 0.5) is 13.2 Å². The minimum Gasteiger partial charge on any atom is -1.00 e. The van der Waals surface area contributed by atoms with Crippen molar-refractivity contribution >= 4 is 29.7 Å². The Morgan fingerprint density at radius 3 is 1.35 bits per heavy atom. The molecule has 0 radical (unpaired) electrons. The minimum atomic E-state index is -3.93. The van der Waals surface area contributed by atoms with E-state index in [9.17, 15) is 13.2 Å². The molecule has 2 fully saturated rings. The van der Waals surface area contributed by atoms with Crippen LogP contribution in [-0.2, 0) is 23.3 Å². The van der Waals surface area contributed by atoms with Gasteiger partial charge < -0.3 is 24.8 Å². The number of hydrogen-bond acceptors (Lipinski definition) is 0. The summed E-state index contributed by atoms with van der Waals surface area (Å²) in [6, 6.07) is 31.1. The molecule has 0 nitrogen and oxygen atoms in total. The second-order valence-electron chi connectivity index (χ2n) is 15.0. The van der Waals surface area contributed by atoms with Crippen LogP contribution in [0.25, 0.3) is 46.6 Å². The number of halogens is 5. The second kappa shape index (κ2) is 21.2. The molecule has 0 aromatic heterocycles. The molecule has 0 atom stereocenters. The van der Waals surface area contributed by atoms with Crippen LogP contribution < -0.4 is 45.7 Å². The monoisotopic (exact) mass is 870 g/mol. The molecule has 4 aromatic carbocycles. The number of aryl methyl sites for hydroxylation is 2. The first-order valence-electron chi connectivity index (χ1n) is 19.2. The number of rotatable bonds is 6. The van der Waals surface area contributed by atoms with Gasteiger partial charge in [-0.1, -0.05) is 146 Å². The fourth-order valence-corrected chi connectivity index (χ4v) is 9.17. The molecule has 55 heavy (non-hydrogen) atoms. The average molecular weight is 873 g/mol. The molecule has 4 aliphatic carbocycles. The molecule has 286 valence electrons. The Kier molecular flexibility index (Phi) is 17.3. The van der Waals surface area contributed by atoms with Gasteiger partial charge in [0.15, 0.2) is 0 Å². The predicted molar refractivity (Wildman–Crippen MR) is 215 cm³/mol. The third-order valence-electron chi connectivity index (χ3n) is 10.5. The normalized spacial score (nSPS) is 17.2. The van der Waals surface area contributed by atoms with E-state index in [-0.39, 0.29) is 24.8 Å². The smallest absolute Gasteiger partial charge is 0.0259 e. The minimum absolute atomic E-state index is 0. The van der Waals surface area contributed by atoms with Gasteiger partial charge in [-0.15, -0.1) is 80.6 Å². The number of alkyl halides is 3. The molecule has 7 heteroatoms. The Balaban J connectivity index is 0.000000196. The maximum atomic E-state index is 11.4. The quantitative estimate of drug-likeness (QED) is 0.197. The molecule has 0 heterocycles. The third-order valence-corrected chi connectivity index (χ3v) is 13.4. The first-order valence-corrected chi connectivity index (χ1v) is 25.1. The van der Waals surface area contributed by atoms with E-state index >= 15 is 0 Å². The van der Waals surface area contributed by atoms with Gasteiger partial charge >= 0.3 is 67.1 Å². The van der Waals surface area contributed by atoms with Crippen molar-refractivity contribution < 1.29 is 61.3 Å². The van der Waals surface area contributed by atoms with E-state index in [0.29, 0.717) is 6.04 Å². The van der Waals surface area contributed by atoms with Crippen LogP contribution in [0.5, 0.6) is 0 Å². The number of hydrogen-bond donors (Lipinski definition) is 0. The summed E-state index contributed by atoms with van der Waals surface area (Å²) in [5, 5.41) is 5.14. The Morgan fingerprint density at radius 2 is 1.02 bits per heavy atom. The summed E-state index contributed by atoms with van der Waals surface area (Å²) in [6.45, 7) is 6.19. The molecule has 0 saturated heterocycles. The van der Waals surface area contributed by atoms with Crippen molar-refractivity contribution in [3.05, 3.63) is 140 Å². The van der Waals surface area contributed by atoms with E-state index in [1.165, 1.54) is 140 Å². The molecule has 0 spiro atoms. The zero-order valence-corrected chi connectivity index (χ0v) is 37.0. The zero-order chi connectivity index (χ0) is 37.4. The van der Waals surface area contributed by atoms with Crippen molar-refractivity contribution in [1.29, 1.82) is 0 Å². The molecular formula is C48H49Cl2F3SiZr-2. The maximum absolute atomic E-state index is 11.4. The topological polar surface area (TPSA) is 0 Å². The molecule has 0 amide bonds. The summed E-state index contributed by atoms with van der Waals surface area (Å²) >= 11 is 1.29. The van der Waals surface area contributed by atoms with Gasteiger partial charge in [0.25, 0.3) is 0 Å². The molecule has 0 aliphatic heterocycles. The third kappa shape index (κ3) is 13.2. The Morgan fingerprint density at radius 1 is 0.636 bits per heavy atom. The maximum Gasteiger partial charge on any atom is -0.0259 e. The van der Waals surface area contributed by atoms with E-state index in [0.717, 1.165) is 11.8 Å². The van der Waals surface area contributed by atoms with Gasteiger partial charge in [0, 0.05) is 0 Å². The molecular weight excluding hydrogens is 824 g/mol. The van der Waals surface area contributed by atoms with E-state index in [2.05, 4.69) is 135 Å². The Bertz CT molecular complexity index is 2080. The predicted octanol–water partition coefficient (Wildman–Crippen LogP) is 4.58. The van der Waals surface area contributed by atoms with E-state index in [1.54, 1.807) is 0 Å². The van der Waals surface area contributed by atoms with Gasteiger partial charge in [-0.25, -0.2) is 0 Å². The van der Waals surface area contributed by atoms with E-state index in [1.807, 2.05) is 6.55 Å². The Hall–Kier alpha value is -2.69. The summed E-state index contributed by atoms with van der Waals surface area (Å²) in [7, 11) is 0. The summed E-state index contributed by atoms with van der Waals surface area (Å²) < 4.78 is 34.3. The van der Waals surface area contributed by atoms with Crippen molar-refractivity contribution in [2.45, 2.75) is 90.4 Å². The fraction of sp³-hybridized carbons (Fsp3) is 0.333. The van der Waals surface area contributed by atoms with Gasteiger partial charge in [0.1, 0.15) is 0 Å². The molecule has 4 aliphatic rings. The van der Waals surface area contributed by atoms with Crippen molar-refractivity contribution in [3.8, 4) is 22.3 Å². The molecule has 8 rings (SSSR count). The number of allylic oxidation sites excluding steroid dienone is 4. The summed E-state index contributed by atoms with van der Waals surface area (Å²) in [6.07, 6.45) is 23.1. The largest absolute Gasteiger partial charge is 1.00 e. The van der Waals surface area contributed by atoms with Crippen LogP contribution in [-0.4, -0.2) is 11.6 Å². The van der Waals surface area contributed by atoms with Crippen LogP contribution in [0.3, 0.4) is 0 Å². The first-order chi connectivity index (χ1) is 25.5. The summed E-state index contributed by atoms with van der Waals surface area (Å²) in [4.78, 5) is 0.